The van der Waals surface area contributed by atoms with E-state index in [1.54, 1.807) is 7.11 Å². The van der Waals surface area contributed by atoms with Gasteiger partial charge in [0.05, 0.1) is 18.4 Å². The van der Waals surface area contributed by atoms with Crippen LogP contribution in [0.1, 0.15) is 21.5 Å². The Labute approximate surface area is 168 Å². The highest BCUT2D eigenvalue weighted by atomic mass is 35.5. The zero-order valence-corrected chi connectivity index (χ0v) is 16.5. The molecule has 28 heavy (non-hydrogen) atoms. The van der Waals surface area contributed by atoms with Crippen molar-refractivity contribution in [3.05, 3.63) is 76.6 Å². The molecule has 0 fully saturated rings. The second-order valence-corrected chi connectivity index (χ2v) is 6.69. The van der Waals surface area contributed by atoms with Crippen molar-refractivity contribution >= 4 is 29.1 Å². The first-order valence-corrected chi connectivity index (χ1v) is 9.19. The summed E-state index contributed by atoms with van der Waals surface area (Å²) in [6.45, 7) is 2.62. The van der Waals surface area contributed by atoms with E-state index in [1.807, 2.05) is 49.4 Å². The van der Waals surface area contributed by atoms with Crippen LogP contribution < -0.4 is 15.4 Å². The van der Waals surface area contributed by atoms with Gasteiger partial charge >= 0.3 is 0 Å². The van der Waals surface area contributed by atoms with Crippen LogP contribution in [0.25, 0.3) is 0 Å². The second kappa shape index (κ2) is 9.19. The number of aromatic nitrogens is 2. The highest BCUT2D eigenvalue weighted by Crippen LogP contribution is 2.25. The first-order chi connectivity index (χ1) is 13.5. The van der Waals surface area contributed by atoms with Crippen LogP contribution in [0.15, 0.2) is 54.9 Å². The van der Waals surface area contributed by atoms with Crippen LogP contribution in [0.5, 0.6) is 5.75 Å². The number of aryl methyl sites for hydroxylation is 1. The molecule has 0 unspecified atom stereocenters. The summed E-state index contributed by atoms with van der Waals surface area (Å²) in [5.41, 5.74) is 3.16. The van der Waals surface area contributed by atoms with E-state index in [0.29, 0.717) is 29.5 Å². The largest absolute Gasteiger partial charge is 0.495 e. The molecular weight excluding hydrogens is 376 g/mol. The summed E-state index contributed by atoms with van der Waals surface area (Å²) in [6, 6.07) is 13.3. The number of carbonyl (C=O) groups excluding carboxylic acids is 1. The Morgan fingerprint density at radius 3 is 2.50 bits per heavy atom. The van der Waals surface area contributed by atoms with Gasteiger partial charge in [-0.15, -0.1) is 0 Å². The Morgan fingerprint density at radius 1 is 1.11 bits per heavy atom. The summed E-state index contributed by atoms with van der Waals surface area (Å²) < 4.78 is 5.28. The number of nitrogens with one attached hydrogen (secondary N) is 2. The topological polar surface area (TPSA) is 76.1 Å². The lowest BCUT2D eigenvalue weighted by atomic mass is 10.1. The molecular formula is C21H21ClN4O2. The van der Waals surface area contributed by atoms with Gasteiger partial charge in [0.25, 0.3) is 5.91 Å². The molecule has 1 aromatic heterocycles. The molecule has 0 atom stereocenters. The standard InChI is InChI=1S/C21H21ClN4O2/c1-14-3-8-19(28-2)18(11-14)26-20(27)16-12-24-21(25-13-16)23-10-9-15-4-6-17(22)7-5-15/h3-8,11-13H,9-10H2,1-2H3,(H,26,27)(H,23,24,25). The van der Waals surface area contributed by atoms with E-state index >= 15 is 0 Å². The maximum absolute atomic E-state index is 12.5. The Kier molecular flexibility index (Phi) is 6.45. The van der Waals surface area contributed by atoms with Crippen LogP contribution in [0, 0.1) is 6.92 Å². The number of halogens is 1. The summed E-state index contributed by atoms with van der Waals surface area (Å²) in [5, 5.41) is 6.69. The Morgan fingerprint density at radius 2 is 1.82 bits per heavy atom. The fraction of sp³-hybridized carbons (Fsp3) is 0.190. The van der Waals surface area contributed by atoms with Crippen molar-refractivity contribution < 1.29 is 9.53 Å². The number of carbonyl (C=O) groups is 1. The zero-order valence-electron chi connectivity index (χ0n) is 15.7. The molecule has 144 valence electrons. The van der Waals surface area contributed by atoms with E-state index in [0.717, 1.165) is 17.0 Å². The predicted molar refractivity (Wildman–Crippen MR) is 111 cm³/mol. The minimum absolute atomic E-state index is 0.295. The van der Waals surface area contributed by atoms with Gasteiger partial charge in [0.15, 0.2) is 0 Å². The monoisotopic (exact) mass is 396 g/mol. The molecule has 2 aromatic carbocycles. The van der Waals surface area contributed by atoms with Crippen LogP contribution in [0.2, 0.25) is 5.02 Å². The van der Waals surface area contributed by atoms with Crippen molar-refractivity contribution in [2.75, 3.05) is 24.3 Å². The maximum atomic E-state index is 12.5. The molecule has 1 heterocycles. The lowest BCUT2D eigenvalue weighted by Gasteiger charge is -2.11. The van der Waals surface area contributed by atoms with Crippen LogP contribution in [-0.2, 0) is 6.42 Å². The van der Waals surface area contributed by atoms with Gasteiger partial charge in [-0.25, -0.2) is 9.97 Å². The molecule has 2 N–H and O–H groups in total. The van der Waals surface area contributed by atoms with E-state index in [4.69, 9.17) is 16.3 Å². The third kappa shape index (κ3) is 5.20. The summed E-state index contributed by atoms with van der Waals surface area (Å²) in [7, 11) is 1.56. The molecule has 0 aliphatic rings. The molecule has 0 radical (unpaired) electrons. The van der Waals surface area contributed by atoms with Gasteiger partial charge in [-0.1, -0.05) is 29.8 Å². The highest BCUT2D eigenvalue weighted by Gasteiger charge is 2.11. The van der Waals surface area contributed by atoms with Crippen LogP contribution in [0.4, 0.5) is 11.6 Å². The molecule has 0 saturated carbocycles. The zero-order chi connectivity index (χ0) is 19.9. The number of methoxy groups -OCH3 is 1. The number of ether oxygens (including phenoxy) is 1. The van der Waals surface area contributed by atoms with E-state index in [9.17, 15) is 4.79 Å². The fourth-order valence-corrected chi connectivity index (χ4v) is 2.75. The molecule has 3 rings (SSSR count). The minimum atomic E-state index is -0.295. The number of anilines is 2. The quantitative estimate of drug-likeness (QED) is 0.620. The van der Waals surface area contributed by atoms with Gasteiger partial charge in [0, 0.05) is 24.0 Å². The van der Waals surface area contributed by atoms with E-state index in [1.165, 1.54) is 18.0 Å². The van der Waals surface area contributed by atoms with Crippen molar-refractivity contribution in [3.63, 3.8) is 0 Å². The third-order valence-electron chi connectivity index (χ3n) is 4.13. The first kappa shape index (κ1) is 19.6. The average Bonchev–Trinajstić information content (AvgIpc) is 2.70. The Balaban J connectivity index is 1.57. The van der Waals surface area contributed by atoms with Crippen LogP contribution in [0.3, 0.4) is 0 Å². The smallest absolute Gasteiger partial charge is 0.258 e. The summed E-state index contributed by atoms with van der Waals surface area (Å²) >= 11 is 5.88. The van der Waals surface area contributed by atoms with Gasteiger partial charge in [0.2, 0.25) is 5.95 Å². The van der Waals surface area contributed by atoms with Crippen molar-refractivity contribution in [2.45, 2.75) is 13.3 Å². The van der Waals surface area contributed by atoms with Crippen LogP contribution in [-0.4, -0.2) is 29.5 Å². The normalized spacial score (nSPS) is 10.4. The molecule has 7 heteroatoms. The lowest BCUT2D eigenvalue weighted by Crippen LogP contribution is -2.14. The van der Waals surface area contributed by atoms with E-state index in [2.05, 4.69) is 20.6 Å². The number of rotatable bonds is 7. The molecule has 0 aliphatic heterocycles. The van der Waals surface area contributed by atoms with Crippen LogP contribution >= 0.6 is 11.6 Å². The number of nitrogens with zero attached hydrogens (tertiary/aromatic N) is 2. The summed E-state index contributed by atoms with van der Waals surface area (Å²) in [4.78, 5) is 20.9. The first-order valence-electron chi connectivity index (χ1n) is 8.81. The molecule has 0 aliphatic carbocycles. The number of hydrogen-bond donors (Lipinski definition) is 2. The van der Waals surface area contributed by atoms with Crippen molar-refractivity contribution in [2.24, 2.45) is 0 Å². The molecule has 0 saturated heterocycles. The number of amides is 1. The van der Waals surface area contributed by atoms with Crippen molar-refractivity contribution in [1.29, 1.82) is 0 Å². The number of hydrogen-bond acceptors (Lipinski definition) is 5. The maximum Gasteiger partial charge on any atom is 0.258 e. The highest BCUT2D eigenvalue weighted by molar-refractivity contribution is 6.30. The molecule has 0 bridgehead atoms. The van der Waals surface area contributed by atoms with Gasteiger partial charge in [-0.2, -0.15) is 0 Å². The average molecular weight is 397 g/mol. The predicted octanol–water partition coefficient (Wildman–Crippen LogP) is 4.35. The van der Waals surface area contributed by atoms with Crippen molar-refractivity contribution in [3.8, 4) is 5.75 Å². The fourth-order valence-electron chi connectivity index (χ4n) is 2.62. The van der Waals surface area contributed by atoms with E-state index in [-0.39, 0.29) is 5.91 Å². The second-order valence-electron chi connectivity index (χ2n) is 6.26. The minimum Gasteiger partial charge on any atom is -0.495 e. The summed E-state index contributed by atoms with van der Waals surface area (Å²) in [6.07, 6.45) is 3.81. The lowest BCUT2D eigenvalue weighted by molar-refractivity contribution is 0.102. The van der Waals surface area contributed by atoms with Gasteiger partial charge in [-0.3, -0.25) is 4.79 Å². The van der Waals surface area contributed by atoms with Gasteiger partial charge in [-0.05, 0) is 48.7 Å². The number of benzene rings is 2. The Bertz CT molecular complexity index is 944. The SMILES string of the molecule is COc1ccc(C)cc1NC(=O)c1cnc(NCCc2ccc(Cl)cc2)nc1. The van der Waals surface area contributed by atoms with E-state index < -0.39 is 0 Å². The molecule has 1 amide bonds. The third-order valence-corrected chi connectivity index (χ3v) is 4.38. The van der Waals surface area contributed by atoms with Crippen molar-refractivity contribution in [1.82, 2.24) is 9.97 Å². The Hall–Kier alpha value is -3.12. The molecule has 3 aromatic rings. The summed E-state index contributed by atoms with van der Waals surface area (Å²) in [5.74, 6) is 0.774. The molecule has 0 spiro atoms. The van der Waals surface area contributed by atoms with Gasteiger partial charge < -0.3 is 15.4 Å². The molecule has 6 nitrogen and oxygen atoms in total. The van der Waals surface area contributed by atoms with Gasteiger partial charge in [0.1, 0.15) is 5.75 Å².